The molecule has 0 saturated carbocycles. The van der Waals surface area contributed by atoms with Crippen LogP contribution in [0.4, 0.5) is 16.3 Å². The number of carbonyl (C=O) groups excluding carboxylic acids is 1. The van der Waals surface area contributed by atoms with Crippen molar-refractivity contribution in [2.75, 3.05) is 31.9 Å². The topological polar surface area (TPSA) is 110 Å². The first kappa shape index (κ1) is 22.5. The number of amides is 1. The molecule has 3 rings (SSSR count). The van der Waals surface area contributed by atoms with Gasteiger partial charge >= 0.3 is 6.09 Å². The molecule has 2 aromatic rings. The maximum atomic E-state index is 12.2. The van der Waals surface area contributed by atoms with E-state index in [-0.39, 0.29) is 12.7 Å². The predicted octanol–water partition coefficient (Wildman–Crippen LogP) is 3.69. The summed E-state index contributed by atoms with van der Waals surface area (Å²) in [6.45, 7) is 9.19. The smallest absolute Gasteiger partial charge is 0.410 e. The summed E-state index contributed by atoms with van der Waals surface area (Å²) in [5.74, 6) is 0.803. The second-order valence-electron chi connectivity index (χ2n) is 8.48. The van der Waals surface area contributed by atoms with Gasteiger partial charge in [0.2, 0.25) is 0 Å². The van der Waals surface area contributed by atoms with Crippen LogP contribution in [0.5, 0.6) is 5.75 Å². The van der Waals surface area contributed by atoms with E-state index in [1.165, 1.54) is 0 Å². The molecule has 0 unspecified atom stereocenters. The molecule has 1 aliphatic rings. The number of pyridine rings is 1. The van der Waals surface area contributed by atoms with E-state index >= 15 is 0 Å². The number of nitrogens with zero attached hydrogens (tertiary/aromatic N) is 4. The number of piperazine rings is 1. The minimum atomic E-state index is -0.492. The summed E-state index contributed by atoms with van der Waals surface area (Å²) in [6.07, 6.45) is -0.273. The Balaban J connectivity index is 1.50. The average Bonchev–Trinajstić information content (AvgIpc) is 2.72. The van der Waals surface area contributed by atoms with E-state index in [1.54, 1.807) is 29.2 Å². The summed E-state index contributed by atoms with van der Waals surface area (Å²) in [4.78, 5) is 31.2. The predicted molar refractivity (Wildman–Crippen MR) is 118 cm³/mol. The number of benzene rings is 1. The van der Waals surface area contributed by atoms with Gasteiger partial charge in [0.15, 0.2) is 11.6 Å². The highest BCUT2D eigenvalue weighted by atomic mass is 16.6. The van der Waals surface area contributed by atoms with Crippen LogP contribution in [0.3, 0.4) is 0 Å². The number of nitroso groups, excluding NO2 is 1. The average molecular weight is 428 g/mol. The number of nitrogens with two attached hydrogens (primary N) is 1. The fourth-order valence-corrected chi connectivity index (χ4v) is 3.22. The molecule has 1 aromatic heterocycles. The van der Waals surface area contributed by atoms with Crippen molar-refractivity contribution in [3.8, 4) is 5.75 Å². The van der Waals surface area contributed by atoms with Crippen LogP contribution in [0, 0.1) is 4.91 Å². The van der Waals surface area contributed by atoms with Gasteiger partial charge in [-0.1, -0.05) is 12.1 Å². The van der Waals surface area contributed by atoms with E-state index in [1.807, 2.05) is 32.9 Å². The molecule has 1 amide bonds. The number of nitrogen functional groups attached to an aromatic ring is 1. The molecule has 2 heterocycles. The summed E-state index contributed by atoms with van der Waals surface area (Å²) in [5.41, 5.74) is 7.60. The van der Waals surface area contributed by atoms with Gasteiger partial charge in [-0.15, -0.1) is 4.91 Å². The Bertz CT molecular complexity index is 920. The lowest BCUT2D eigenvalue weighted by molar-refractivity contribution is 0.0138. The fraction of sp³-hybridized carbons (Fsp3) is 0.455. The number of ether oxygens (including phenoxy) is 2. The Kier molecular flexibility index (Phi) is 7.06. The third-order valence-corrected chi connectivity index (χ3v) is 4.76. The highest BCUT2D eigenvalue weighted by molar-refractivity contribution is 5.68. The SMILES string of the molecule is CC(C)(C)OC(=O)N1CCN(Cc2ccc(OCc3cccc(N=O)c3)c(N)n2)CC1. The molecule has 0 spiro atoms. The summed E-state index contributed by atoms with van der Waals surface area (Å²) in [5, 5.41) is 2.92. The van der Waals surface area contributed by atoms with Crippen molar-refractivity contribution >= 4 is 17.6 Å². The molecular weight excluding hydrogens is 398 g/mol. The lowest BCUT2D eigenvalue weighted by atomic mass is 10.2. The third-order valence-electron chi connectivity index (χ3n) is 4.76. The van der Waals surface area contributed by atoms with Gasteiger partial charge in [-0.05, 0) is 55.8 Å². The van der Waals surface area contributed by atoms with Crippen molar-refractivity contribution in [2.45, 2.75) is 39.5 Å². The zero-order valence-electron chi connectivity index (χ0n) is 18.2. The van der Waals surface area contributed by atoms with Gasteiger partial charge in [0.25, 0.3) is 0 Å². The zero-order valence-corrected chi connectivity index (χ0v) is 18.2. The van der Waals surface area contributed by atoms with Gasteiger partial charge in [-0.3, -0.25) is 4.90 Å². The Labute approximate surface area is 182 Å². The van der Waals surface area contributed by atoms with Crippen molar-refractivity contribution in [3.63, 3.8) is 0 Å². The molecule has 1 aliphatic heterocycles. The van der Waals surface area contributed by atoms with E-state index in [0.717, 1.165) is 24.3 Å². The number of hydrogen-bond acceptors (Lipinski definition) is 8. The van der Waals surface area contributed by atoms with Gasteiger partial charge in [-0.25, -0.2) is 9.78 Å². The maximum absolute atomic E-state index is 12.2. The van der Waals surface area contributed by atoms with Gasteiger partial charge in [0.05, 0.1) is 5.69 Å². The molecular formula is C22H29N5O4. The molecule has 0 aliphatic carbocycles. The number of anilines is 1. The fourth-order valence-electron chi connectivity index (χ4n) is 3.22. The Morgan fingerprint density at radius 2 is 1.90 bits per heavy atom. The molecule has 9 nitrogen and oxygen atoms in total. The Morgan fingerprint density at radius 1 is 1.16 bits per heavy atom. The Morgan fingerprint density at radius 3 is 2.55 bits per heavy atom. The van der Waals surface area contributed by atoms with Crippen LogP contribution in [0.25, 0.3) is 0 Å². The van der Waals surface area contributed by atoms with E-state index in [9.17, 15) is 9.70 Å². The summed E-state index contributed by atoms with van der Waals surface area (Å²) >= 11 is 0. The van der Waals surface area contributed by atoms with Crippen LogP contribution >= 0.6 is 0 Å². The monoisotopic (exact) mass is 427 g/mol. The molecule has 31 heavy (non-hydrogen) atoms. The number of aromatic nitrogens is 1. The van der Waals surface area contributed by atoms with Crippen molar-refractivity contribution in [2.24, 2.45) is 5.18 Å². The first-order valence-corrected chi connectivity index (χ1v) is 10.2. The van der Waals surface area contributed by atoms with Crippen molar-refractivity contribution in [1.29, 1.82) is 0 Å². The van der Waals surface area contributed by atoms with Gasteiger partial charge in [0.1, 0.15) is 17.9 Å². The van der Waals surface area contributed by atoms with Gasteiger partial charge in [0, 0.05) is 32.7 Å². The van der Waals surface area contributed by atoms with Crippen molar-refractivity contribution in [3.05, 3.63) is 52.6 Å². The molecule has 0 atom stereocenters. The van der Waals surface area contributed by atoms with Crippen LogP contribution in [0.1, 0.15) is 32.0 Å². The summed E-state index contributed by atoms with van der Waals surface area (Å²) < 4.78 is 11.2. The molecule has 2 N–H and O–H groups in total. The van der Waals surface area contributed by atoms with Crippen molar-refractivity contribution < 1.29 is 14.3 Å². The van der Waals surface area contributed by atoms with Gasteiger partial charge < -0.3 is 20.1 Å². The van der Waals surface area contributed by atoms with Crippen molar-refractivity contribution in [1.82, 2.24) is 14.8 Å². The number of hydrogen-bond donors (Lipinski definition) is 1. The first-order valence-electron chi connectivity index (χ1n) is 10.2. The second-order valence-corrected chi connectivity index (χ2v) is 8.48. The Hall–Kier alpha value is -3.20. The third kappa shape index (κ3) is 6.65. The zero-order chi connectivity index (χ0) is 22.4. The highest BCUT2D eigenvalue weighted by Gasteiger charge is 2.26. The molecule has 1 saturated heterocycles. The summed E-state index contributed by atoms with van der Waals surface area (Å²) in [7, 11) is 0. The summed E-state index contributed by atoms with van der Waals surface area (Å²) in [6, 6.07) is 10.6. The standard InChI is InChI=1S/C22H29N5O4/c1-22(2,3)31-21(28)27-11-9-26(10-12-27)14-18-7-8-19(20(23)24-18)30-15-16-5-4-6-17(13-16)25-29/h4-8,13H,9-12,14-15H2,1-3H3,(H2,23,24). The lowest BCUT2D eigenvalue weighted by Gasteiger charge is -2.35. The van der Waals surface area contributed by atoms with E-state index in [0.29, 0.717) is 36.9 Å². The maximum Gasteiger partial charge on any atom is 0.410 e. The molecule has 1 fully saturated rings. The minimum absolute atomic E-state index is 0.265. The van der Waals surface area contributed by atoms with E-state index < -0.39 is 5.60 Å². The normalized spacial score (nSPS) is 14.9. The van der Waals surface area contributed by atoms with Gasteiger partial charge in [-0.2, -0.15) is 0 Å². The number of rotatable bonds is 6. The lowest BCUT2D eigenvalue weighted by Crippen LogP contribution is -2.49. The first-order chi connectivity index (χ1) is 14.7. The minimum Gasteiger partial charge on any atom is -0.485 e. The van der Waals surface area contributed by atoms with Crippen LogP contribution < -0.4 is 10.5 Å². The molecule has 9 heteroatoms. The van der Waals surface area contributed by atoms with Crippen LogP contribution in [-0.4, -0.2) is 52.7 Å². The van der Waals surface area contributed by atoms with Crippen LogP contribution in [0.15, 0.2) is 41.6 Å². The largest absolute Gasteiger partial charge is 0.485 e. The van der Waals surface area contributed by atoms with Crippen LogP contribution in [0.2, 0.25) is 0 Å². The molecule has 0 radical (unpaired) electrons. The molecule has 1 aromatic carbocycles. The van der Waals surface area contributed by atoms with E-state index in [4.69, 9.17) is 15.2 Å². The van der Waals surface area contributed by atoms with E-state index in [2.05, 4.69) is 15.1 Å². The second kappa shape index (κ2) is 9.74. The van der Waals surface area contributed by atoms with Crippen LogP contribution in [-0.2, 0) is 17.9 Å². The molecule has 166 valence electrons. The molecule has 0 bridgehead atoms. The number of carbonyl (C=O) groups is 1. The highest BCUT2D eigenvalue weighted by Crippen LogP contribution is 2.22. The quantitative estimate of drug-likeness (QED) is 0.700.